The van der Waals surface area contributed by atoms with Gasteiger partial charge in [-0.15, -0.1) is 0 Å². The second-order valence-corrected chi connectivity index (χ2v) is 5.91. The minimum absolute atomic E-state index is 0.0338. The molecule has 0 aliphatic heterocycles. The van der Waals surface area contributed by atoms with Crippen LogP contribution in [0.3, 0.4) is 0 Å². The molecule has 2 N–H and O–H groups in total. The van der Waals surface area contributed by atoms with E-state index in [0.29, 0.717) is 12.5 Å². The smallest absolute Gasteiger partial charge is 0.119 e. The van der Waals surface area contributed by atoms with E-state index in [9.17, 15) is 0 Å². The number of aromatic nitrogens is 2. The van der Waals surface area contributed by atoms with Crippen LogP contribution in [-0.2, 0) is 6.54 Å². The van der Waals surface area contributed by atoms with Crippen LogP contribution in [0.1, 0.15) is 37.6 Å². The standard InChI is InChI=1S/C17H25N3O/c1-13(2)9-16(18)17-11-19-12-20(17)7-8-21-15-6-4-5-14(3)10-15/h4-6,10-13,16H,7-9,18H2,1-3H3. The van der Waals surface area contributed by atoms with Crippen molar-refractivity contribution in [3.05, 3.63) is 48.0 Å². The molecule has 114 valence electrons. The predicted octanol–water partition coefficient (Wildman–Crippen LogP) is 3.32. The van der Waals surface area contributed by atoms with Crippen molar-refractivity contribution in [2.45, 2.75) is 39.8 Å². The van der Waals surface area contributed by atoms with Gasteiger partial charge in [-0.1, -0.05) is 26.0 Å². The van der Waals surface area contributed by atoms with Gasteiger partial charge >= 0.3 is 0 Å². The Morgan fingerprint density at radius 1 is 1.33 bits per heavy atom. The summed E-state index contributed by atoms with van der Waals surface area (Å²) in [6.07, 6.45) is 4.65. The van der Waals surface area contributed by atoms with Gasteiger partial charge in [-0.05, 0) is 37.0 Å². The number of ether oxygens (including phenoxy) is 1. The van der Waals surface area contributed by atoms with Gasteiger partial charge < -0.3 is 15.0 Å². The highest BCUT2D eigenvalue weighted by Crippen LogP contribution is 2.18. The van der Waals surface area contributed by atoms with Crippen molar-refractivity contribution in [3.8, 4) is 5.75 Å². The molecule has 1 atom stereocenters. The van der Waals surface area contributed by atoms with E-state index in [-0.39, 0.29) is 6.04 Å². The fourth-order valence-corrected chi connectivity index (χ4v) is 2.42. The van der Waals surface area contributed by atoms with Crippen molar-refractivity contribution in [2.24, 2.45) is 11.7 Å². The lowest BCUT2D eigenvalue weighted by Gasteiger charge is -2.16. The molecule has 1 unspecified atom stereocenters. The van der Waals surface area contributed by atoms with E-state index in [0.717, 1.165) is 24.4 Å². The lowest BCUT2D eigenvalue weighted by atomic mass is 10.0. The second-order valence-electron chi connectivity index (χ2n) is 5.91. The van der Waals surface area contributed by atoms with Gasteiger partial charge in [-0.25, -0.2) is 4.98 Å². The Hall–Kier alpha value is -1.81. The van der Waals surface area contributed by atoms with E-state index < -0.39 is 0 Å². The van der Waals surface area contributed by atoms with Crippen LogP contribution in [0.5, 0.6) is 5.75 Å². The number of hydrogen-bond donors (Lipinski definition) is 1. The fourth-order valence-electron chi connectivity index (χ4n) is 2.42. The minimum atomic E-state index is 0.0338. The van der Waals surface area contributed by atoms with Crippen LogP contribution in [0.25, 0.3) is 0 Å². The van der Waals surface area contributed by atoms with E-state index in [1.807, 2.05) is 30.7 Å². The maximum Gasteiger partial charge on any atom is 0.119 e. The van der Waals surface area contributed by atoms with Gasteiger partial charge in [0.15, 0.2) is 0 Å². The Morgan fingerprint density at radius 3 is 2.86 bits per heavy atom. The normalized spacial score (nSPS) is 12.6. The number of hydrogen-bond acceptors (Lipinski definition) is 3. The van der Waals surface area contributed by atoms with Crippen molar-refractivity contribution in [2.75, 3.05) is 6.61 Å². The van der Waals surface area contributed by atoms with E-state index in [4.69, 9.17) is 10.5 Å². The van der Waals surface area contributed by atoms with Crippen molar-refractivity contribution in [3.63, 3.8) is 0 Å². The van der Waals surface area contributed by atoms with E-state index in [1.54, 1.807) is 0 Å². The zero-order valence-corrected chi connectivity index (χ0v) is 13.1. The maximum atomic E-state index is 6.24. The van der Waals surface area contributed by atoms with Gasteiger partial charge in [0, 0.05) is 12.2 Å². The first-order valence-electron chi connectivity index (χ1n) is 7.51. The molecule has 0 fully saturated rings. The van der Waals surface area contributed by atoms with Crippen molar-refractivity contribution < 1.29 is 4.74 Å². The second kappa shape index (κ2) is 7.27. The minimum Gasteiger partial charge on any atom is -0.492 e. The molecule has 4 heteroatoms. The van der Waals surface area contributed by atoms with Crippen LogP contribution in [-0.4, -0.2) is 16.2 Å². The van der Waals surface area contributed by atoms with Crippen LogP contribution >= 0.6 is 0 Å². The predicted molar refractivity (Wildman–Crippen MR) is 85.3 cm³/mol. The van der Waals surface area contributed by atoms with Crippen molar-refractivity contribution >= 4 is 0 Å². The summed E-state index contributed by atoms with van der Waals surface area (Å²) < 4.78 is 7.87. The zero-order chi connectivity index (χ0) is 15.2. The number of aryl methyl sites for hydroxylation is 1. The molecule has 2 rings (SSSR count). The molecule has 4 nitrogen and oxygen atoms in total. The third-order valence-corrected chi connectivity index (χ3v) is 3.44. The van der Waals surface area contributed by atoms with Crippen LogP contribution < -0.4 is 10.5 Å². The molecule has 0 saturated heterocycles. The SMILES string of the molecule is Cc1cccc(OCCn2cncc2C(N)CC(C)C)c1. The Kier molecular flexibility index (Phi) is 5.39. The molecule has 21 heavy (non-hydrogen) atoms. The Labute approximate surface area is 127 Å². The highest BCUT2D eigenvalue weighted by atomic mass is 16.5. The molecule has 0 amide bonds. The van der Waals surface area contributed by atoms with Gasteiger partial charge in [0.2, 0.25) is 0 Å². The molecule has 0 aliphatic carbocycles. The Bertz CT molecular complexity index is 563. The molecule has 0 aliphatic rings. The lowest BCUT2D eigenvalue weighted by Crippen LogP contribution is -2.19. The highest BCUT2D eigenvalue weighted by molar-refractivity contribution is 5.27. The zero-order valence-electron chi connectivity index (χ0n) is 13.1. The quantitative estimate of drug-likeness (QED) is 0.850. The number of imidazole rings is 1. The van der Waals surface area contributed by atoms with Gasteiger partial charge in [0.05, 0.1) is 18.6 Å². The van der Waals surface area contributed by atoms with Crippen molar-refractivity contribution in [1.82, 2.24) is 9.55 Å². The Balaban J connectivity index is 1.90. The number of nitrogens with two attached hydrogens (primary N) is 1. The van der Waals surface area contributed by atoms with Gasteiger partial charge in [0.1, 0.15) is 12.4 Å². The van der Waals surface area contributed by atoms with Gasteiger partial charge in [-0.3, -0.25) is 0 Å². The molecule has 1 heterocycles. The molecule has 2 aromatic rings. The first-order chi connectivity index (χ1) is 10.1. The van der Waals surface area contributed by atoms with Crippen molar-refractivity contribution in [1.29, 1.82) is 0 Å². The first kappa shape index (κ1) is 15.6. The monoisotopic (exact) mass is 287 g/mol. The molecule has 0 spiro atoms. The average molecular weight is 287 g/mol. The number of benzene rings is 1. The molecule has 1 aromatic carbocycles. The molecular weight excluding hydrogens is 262 g/mol. The summed E-state index contributed by atoms with van der Waals surface area (Å²) in [6.45, 7) is 7.80. The number of rotatable bonds is 7. The van der Waals surface area contributed by atoms with E-state index in [1.165, 1.54) is 5.56 Å². The van der Waals surface area contributed by atoms with Crippen LogP contribution in [0, 0.1) is 12.8 Å². The molecule has 0 radical (unpaired) electrons. The third kappa shape index (κ3) is 4.60. The summed E-state index contributed by atoms with van der Waals surface area (Å²) >= 11 is 0. The fraction of sp³-hybridized carbons (Fsp3) is 0.471. The maximum absolute atomic E-state index is 6.24. The molecule has 0 saturated carbocycles. The van der Waals surface area contributed by atoms with E-state index in [2.05, 4.69) is 36.4 Å². The van der Waals surface area contributed by atoms with Crippen LogP contribution in [0.15, 0.2) is 36.8 Å². The van der Waals surface area contributed by atoms with Crippen LogP contribution in [0.4, 0.5) is 0 Å². The molecular formula is C17H25N3O. The summed E-state index contributed by atoms with van der Waals surface area (Å²) in [5.41, 5.74) is 8.53. The van der Waals surface area contributed by atoms with E-state index >= 15 is 0 Å². The summed E-state index contributed by atoms with van der Waals surface area (Å²) in [4.78, 5) is 4.22. The third-order valence-electron chi connectivity index (χ3n) is 3.44. The number of nitrogens with zero attached hydrogens (tertiary/aromatic N) is 2. The summed E-state index contributed by atoms with van der Waals surface area (Å²) in [7, 11) is 0. The van der Waals surface area contributed by atoms with Crippen LogP contribution in [0.2, 0.25) is 0 Å². The average Bonchev–Trinajstić information content (AvgIpc) is 2.86. The first-order valence-corrected chi connectivity index (χ1v) is 7.51. The molecule has 1 aromatic heterocycles. The summed E-state index contributed by atoms with van der Waals surface area (Å²) in [5.74, 6) is 1.48. The van der Waals surface area contributed by atoms with Gasteiger partial charge in [0.25, 0.3) is 0 Å². The largest absolute Gasteiger partial charge is 0.492 e. The highest BCUT2D eigenvalue weighted by Gasteiger charge is 2.13. The lowest BCUT2D eigenvalue weighted by molar-refractivity contribution is 0.294. The van der Waals surface area contributed by atoms with Gasteiger partial charge in [-0.2, -0.15) is 0 Å². The topological polar surface area (TPSA) is 53.1 Å². The Morgan fingerprint density at radius 2 is 2.14 bits per heavy atom. The summed E-state index contributed by atoms with van der Waals surface area (Å²) in [5, 5.41) is 0. The molecule has 0 bridgehead atoms. The summed E-state index contributed by atoms with van der Waals surface area (Å²) in [6, 6.07) is 8.12.